The number of aryl methyl sites for hydroxylation is 1. The molecule has 1 unspecified atom stereocenters. The van der Waals surface area contributed by atoms with E-state index in [1.165, 1.54) is 6.42 Å². The topological polar surface area (TPSA) is 35.8 Å². The van der Waals surface area contributed by atoms with Crippen LogP contribution in [0.25, 0.3) is 0 Å². The maximum Gasteiger partial charge on any atom is 0.0995 e. The lowest BCUT2D eigenvalue weighted by Crippen LogP contribution is -2.14. The van der Waals surface area contributed by atoms with E-state index in [9.17, 15) is 0 Å². The number of benzene rings is 1. The van der Waals surface area contributed by atoms with E-state index in [1.807, 2.05) is 13.0 Å². The zero-order valence-corrected chi connectivity index (χ0v) is 8.38. The van der Waals surface area contributed by atoms with Crippen molar-refractivity contribution in [1.29, 1.82) is 5.26 Å². The van der Waals surface area contributed by atoms with Gasteiger partial charge in [0.1, 0.15) is 0 Å². The van der Waals surface area contributed by atoms with Gasteiger partial charge in [-0.25, -0.2) is 0 Å². The van der Waals surface area contributed by atoms with Crippen molar-refractivity contribution in [2.24, 2.45) is 0 Å². The molecule has 2 heteroatoms. The predicted molar refractivity (Wildman–Crippen MR) is 55.9 cm³/mol. The second kappa shape index (κ2) is 3.81. The first-order valence-electron chi connectivity index (χ1n) is 5.05. The van der Waals surface area contributed by atoms with Gasteiger partial charge >= 0.3 is 0 Å². The van der Waals surface area contributed by atoms with Crippen LogP contribution in [-0.2, 0) is 0 Å². The Hall–Kier alpha value is -1.33. The van der Waals surface area contributed by atoms with Crippen LogP contribution in [0.15, 0.2) is 18.2 Å². The summed E-state index contributed by atoms with van der Waals surface area (Å²) in [7, 11) is 0. The number of rotatable bonds is 1. The fourth-order valence-corrected chi connectivity index (χ4v) is 2.02. The number of nitriles is 1. The monoisotopic (exact) mass is 186 g/mol. The highest BCUT2D eigenvalue weighted by Crippen LogP contribution is 2.26. The largest absolute Gasteiger partial charge is 0.310 e. The van der Waals surface area contributed by atoms with Gasteiger partial charge in [-0.1, -0.05) is 12.1 Å². The van der Waals surface area contributed by atoms with Gasteiger partial charge in [-0.15, -0.1) is 0 Å². The van der Waals surface area contributed by atoms with Crippen molar-refractivity contribution >= 4 is 0 Å². The quantitative estimate of drug-likeness (QED) is 0.730. The van der Waals surface area contributed by atoms with E-state index in [0.717, 1.165) is 29.7 Å². The number of nitrogens with one attached hydrogen (secondary N) is 1. The van der Waals surface area contributed by atoms with Crippen molar-refractivity contribution in [3.05, 3.63) is 34.9 Å². The molecular weight excluding hydrogens is 172 g/mol. The Morgan fingerprint density at radius 3 is 3.00 bits per heavy atom. The Morgan fingerprint density at radius 2 is 2.36 bits per heavy atom. The van der Waals surface area contributed by atoms with Crippen LogP contribution < -0.4 is 5.32 Å². The lowest BCUT2D eigenvalue weighted by Gasteiger charge is -2.12. The lowest BCUT2D eigenvalue weighted by atomic mass is 9.98. The van der Waals surface area contributed by atoms with E-state index < -0.39 is 0 Å². The fraction of sp³-hybridized carbons (Fsp3) is 0.417. The molecule has 1 fully saturated rings. The molecule has 0 bridgehead atoms. The summed E-state index contributed by atoms with van der Waals surface area (Å²) in [5.41, 5.74) is 3.14. The minimum absolute atomic E-state index is 0.394. The molecule has 1 aliphatic rings. The van der Waals surface area contributed by atoms with Gasteiger partial charge in [0.05, 0.1) is 11.6 Å². The van der Waals surface area contributed by atoms with Crippen molar-refractivity contribution in [3.8, 4) is 6.07 Å². The van der Waals surface area contributed by atoms with E-state index in [2.05, 4.69) is 23.5 Å². The molecule has 1 aromatic carbocycles. The molecule has 0 amide bonds. The number of nitrogens with zero attached hydrogens (tertiary/aromatic N) is 1. The average Bonchev–Trinajstić information content (AvgIpc) is 2.70. The Kier molecular flexibility index (Phi) is 2.51. The van der Waals surface area contributed by atoms with Crippen LogP contribution in [0.5, 0.6) is 0 Å². The minimum atomic E-state index is 0.394. The highest BCUT2D eigenvalue weighted by atomic mass is 14.9. The van der Waals surface area contributed by atoms with Crippen molar-refractivity contribution in [2.45, 2.75) is 25.8 Å². The summed E-state index contributed by atoms with van der Waals surface area (Å²) >= 11 is 0. The maximum absolute atomic E-state index is 9.03. The Bertz CT molecular complexity index is 370. The summed E-state index contributed by atoms with van der Waals surface area (Å²) in [5, 5.41) is 12.4. The van der Waals surface area contributed by atoms with Gasteiger partial charge in [0.2, 0.25) is 0 Å². The molecule has 1 heterocycles. The minimum Gasteiger partial charge on any atom is -0.310 e. The summed E-state index contributed by atoms with van der Waals surface area (Å²) in [6.07, 6.45) is 2.36. The standard InChI is InChI=1S/C12H14N2/c1-9-4-5-11(10(7-9)8-13)12-3-2-6-14-12/h4-5,7,12,14H,2-3,6H2,1H3. The molecule has 1 N–H and O–H groups in total. The summed E-state index contributed by atoms with van der Waals surface area (Å²) in [4.78, 5) is 0. The summed E-state index contributed by atoms with van der Waals surface area (Å²) in [6, 6.07) is 8.79. The second-order valence-corrected chi connectivity index (χ2v) is 3.85. The van der Waals surface area contributed by atoms with Crippen LogP contribution in [0, 0.1) is 18.3 Å². The zero-order valence-electron chi connectivity index (χ0n) is 8.38. The molecule has 0 saturated carbocycles. The van der Waals surface area contributed by atoms with Crippen molar-refractivity contribution < 1.29 is 0 Å². The number of hydrogen-bond acceptors (Lipinski definition) is 2. The predicted octanol–water partition coefficient (Wildman–Crippen LogP) is 2.29. The SMILES string of the molecule is Cc1ccc(C2CCCN2)c(C#N)c1. The average molecular weight is 186 g/mol. The van der Waals surface area contributed by atoms with E-state index in [4.69, 9.17) is 5.26 Å². The van der Waals surface area contributed by atoms with Crippen LogP contribution in [0.2, 0.25) is 0 Å². The Balaban J connectivity index is 2.37. The van der Waals surface area contributed by atoms with Crippen LogP contribution in [0.4, 0.5) is 0 Å². The van der Waals surface area contributed by atoms with E-state index in [1.54, 1.807) is 0 Å². The molecule has 0 spiro atoms. The summed E-state index contributed by atoms with van der Waals surface area (Å²) in [6.45, 7) is 3.09. The third-order valence-electron chi connectivity index (χ3n) is 2.76. The molecule has 0 aliphatic carbocycles. The molecule has 14 heavy (non-hydrogen) atoms. The first kappa shape index (κ1) is 9.23. The molecule has 0 aromatic heterocycles. The molecule has 0 radical (unpaired) electrons. The highest BCUT2D eigenvalue weighted by Gasteiger charge is 2.18. The van der Waals surface area contributed by atoms with Crippen molar-refractivity contribution in [3.63, 3.8) is 0 Å². The Labute approximate surface area is 84.6 Å². The number of hydrogen-bond donors (Lipinski definition) is 1. The van der Waals surface area contributed by atoms with Gasteiger partial charge in [0, 0.05) is 6.04 Å². The van der Waals surface area contributed by atoms with Crippen molar-refractivity contribution in [2.75, 3.05) is 6.54 Å². The highest BCUT2D eigenvalue weighted by molar-refractivity contribution is 5.42. The van der Waals surface area contributed by atoms with Gasteiger partial charge in [-0.05, 0) is 43.5 Å². The molecule has 1 atom stereocenters. The molecular formula is C12H14N2. The molecule has 1 aromatic rings. The van der Waals surface area contributed by atoms with E-state index in [0.29, 0.717) is 6.04 Å². The normalized spacial score (nSPS) is 20.7. The second-order valence-electron chi connectivity index (χ2n) is 3.85. The molecule has 2 rings (SSSR count). The first-order valence-corrected chi connectivity index (χ1v) is 5.05. The van der Waals surface area contributed by atoms with Crippen LogP contribution in [0.1, 0.15) is 35.6 Å². The lowest BCUT2D eigenvalue weighted by molar-refractivity contribution is 0.646. The van der Waals surface area contributed by atoms with Crippen molar-refractivity contribution in [1.82, 2.24) is 5.32 Å². The van der Waals surface area contributed by atoms with Gasteiger partial charge in [-0.2, -0.15) is 5.26 Å². The van der Waals surface area contributed by atoms with Gasteiger partial charge in [-0.3, -0.25) is 0 Å². The van der Waals surface area contributed by atoms with Crippen LogP contribution in [-0.4, -0.2) is 6.54 Å². The summed E-state index contributed by atoms with van der Waals surface area (Å²) in [5.74, 6) is 0. The molecule has 1 saturated heterocycles. The molecule has 1 aliphatic heterocycles. The van der Waals surface area contributed by atoms with E-state index >= 15 is 0 Å². The maximum atomic E-state index is 9.03. The Morgan fingerprint density at radius 1 is 1.50 bits per heavy atom. The third kappa shape index (κ3) is 1.64. The third-order valence-corrected chi connectivity index (χ3v) is 2.76. The molecule has 2 nitrogen and oxygen atoms in total. The van der Waals surface area contributed by atoms with Gasteiger partial charge < -0.3 is 5.32 Å². The smallest absolute Gasteiger partial charge is 0.0995 e. The van der Waals surface area contributed by atoms with E-state index in [-0.39, 0.29) is 0 Å². The fourth-order valence-electron chi connectivity index (χ4n) is 2.02. The summed E-state index contributed by atoms with van der Waals surface area (Å²) < 4.78 is 0. The van der Waals surface area contributed by atoms with Gasteiger partial charge in [0.25, 0.3) is 0 Å². The zero-order chi connectivity index (χ0) is 9.97. The van der Waals surface area contributed by atoms with Gasteiger partial charge in [0.15, 0.2) is 0 Å². The first-order chi connectivity index (χ1) is 6.81. The van der Waals surface area contributed by atoms with Crippen LogP contribution >= 0.6 is 0 Å². The molecule has 72 valence electrons. The van der Waals surface area contributed by atoms with Crippen LogP contribution in [0.3, 0.4) is 0 Å².